The van der Waals surface area contributed by atoms with E-state index in [4.69, 9.17) is 5.11 Å². The lowest BCUT2D eigenvalue weighted by Gasteiger charge is -2.05. The number of hydrogen-bond donors (Lipinski definition) is 2. The normalized spacial score (nSPS) is 10.2. The second-order valence-corrected chi connectivity index (χ2v) is 5.83. The van der Waals surface area contributed by atoms with Crippen molar-refractivity contribution >= 4 is 44.8 Å². The highest BCUT2D eigenvalue weighted by molar-refractivity contribution is 9.10. The second kappa shape index (κ2) is 5.54. The zero-order valence-electron chi connectivity index (χ0n) is 9.94. The van der Waals surface area contributed by atoms with Gasteiger partial charge in [0.05, 0.1) is 4.88 Å². The van der Waals surface area contributed by atoms with Gasteiger partial charge in [0.2, 0.25) is 0 Å². The number of aryl methyl sites for hydroxylation is 1. The number of carboxylic acid groups (broad SMARTS) is 1. The van der Waals surface area contributed by atoms with Gasteiger partial charge in [0.1, 0.15) is 4.88 Å². The highest BCUT2D eigenvalue weighted by atomic mass is 79.9. The van der Waals surface area contributed by atoms with Gasteiger partial charge >= 0.3 is 5.97 Å². The predicted molar refractivity (Wildman–Crippen MR) is 78.1 cm³/mol. The topological polar surface area (TPSA) is 66.4 Å². The number of rotatable bonds is 3. The molecular formula is C13H10BrNO3S. The quantitative estimate of drug-likeness (QED) is 0.894. The molecule has 0 aliphatic rings. The van der Waals surface area contributed by atoms with Crippen LogP contribution < -0.4 is 5.32 Å². The largest absolute Gasteiger partial charge is 0.477 e. The van der Waals surface area contributed by atoms with Crippen LogP contribution in [0.5, 0.6) is 0 Å². The Morgan fingerprint density at radius 1 is 1.21 bits per heavy atom. The van der Waals surface area contributed by atoms with E-state index in [2.05, 4.69) is 21.2 Å². The second-order valence-electron chi connectivity index (χ2n) is 3.89. The number of thiophene rings is 1. The average molecular weight is 340 g/mol. The molecule has 0 saturated heterocycles. The van der Waals surface area contributed by atoms with Gasteiger partial charge in [-0.25, -0.2) is 4.79 Å². The Kier molecular flexibility index (Phi) is 4.01. The van der Waals surface area contributed by atoms with Crippen molar-refractivity contribution in [2.24, 2.45) is 0 Å². The van der Waals surface area contributed by atoms with E-state index < -0.39 is 5.97 Å². The van der Waals surface area contributed by atoms with Gasteiger partial charge in [-0.15, -0.1) is 11.3 Å². The van der Waals surface area contributed by atoms with Crippen LogP contribution in [-0.2, 0) is 0 Å². The van der Waals surface area contributed by atoms with Crippen molar-refractivity contribution in [1.82, 2.24) is 0 Å². The first-order chi connectivity index (χ1) is 8.97. The van der Waals surface area contributed by atoms with Crippen LogP contribution in [0.1, 0.15) is 24.9 Å². The SMILES string of the molecule is Cc1ccc(NC(=O)c2ccc(C(=O)O)s2)cc1Br. The molecule has 0 atom stereocenters. The van der Waals surface area contributed by atoms with Gasteiger partial charge in [-0.3, -0.25) is 4.79 Å². The van der Waals surface area contributed by atoms with Crippen molar-refractivity contribution in [1.29, 1.82) is 0 Å². The minimum atomic E-state index is -1.03. The lowest BCUT2D eigenvalue weighted by Crippen LogP contribution is -2.10. The smallest absolute Gasteiger partial charge is 0.345 e. The molecule has 0 spiro atoms. The molecule has 19 heavy (non-hydrogen) atoms. The van der Waals surface area contributed by atoms with Crippen LogP contribution >= 0.6 is 27.3 Å². The molecule has 0 radical (unpaired) electrons. The summed E-state index contributed by atoms with van der Waals surface area (Å²) in [7, 11) is 0. The molecule has 0 saturated carbocycles. The average Bonchev–Trinajstić information content (AvgIpc) is 2.83. The molecule has 1 amide bonds. The fourth-order valence-electron chi connectivity index (χ4n) is 1.44. The van der Waals surface area contributed by atoms with Crippen molar-refractivity contribution in [2.45, 2.75) is 6.92 Å². The van der Waals surface area contributed by atoms with Crippen molar-refractivity contribution in [2.75, 3.05) is 5.32 Å². The van der Waals surface area contributed by atoms with Crippen LogP contribution in [0.2, 0.25) is 0 Å². The minimum Gasteiger partial charge on any atom is -0.477 e. The van der Waals surface area contributed by atoms with Crippen LogP contribution in [0.15, 0.2) is 34.8 Å². The summed E-state index contributed by atoms with van der Waals surface area (Å²) in [6.07, 6.45) is 0. The minimum absolute atomic E-state index is 0.148. The fourth-order valence-corrected chi connectivity index (χ4v) is 2.56. The molecule has 0 aliphatic carbocycles. The van der Waals surface area contributed by atoms with E-state index in [-0.39, 0.29) is 10.8 Å². The molecule has 0 unspecified atom stereocenters. The van der Waals surface area contributed by atoms with Crippen molar-refractivity contribution < 1.29 is 14.7 Å². The van der Waals surface area contributed by atoms with Gasteiger partial charge in [0.25, 0.3) is 5.91 Å². The molecular weight excluding hydrogens is 330 g/mol. The molecule has 4 nitrogen and oxygen atoms in total. The van der Waals surface area contributed by atoms with E-state index in [1.54, 1.807) is 12.1 Å². The number of carboxylic acids is 1. The molecule has 98 valence electrons. The molecule has 0 bridgehead atoms. The Bertz CT molecular complexity index is 651. The third-order valence-electron chi connectivity index (χ3n) is 2.47. The van der Waals surface area contributed by atoms with Crippen LogP contribution in [0, 0.1) is 6.92 Å². The van der Waals surface area contributed by atoms with Gasteiger partial charge in [0, 0.05) is 10.2 Å². The molecule has 1 heterocycles. The summed E-state index contributed by atoms with van der Waals surface area (Å²) < 4.78 is 0.905. The third-order valence-corrected chi connectivity index (χ3v) is 4.40. The standard InChI is InChI=1S/C13H10BrNO3S/c1-7-2-3-8(6-9(7)14)15-12(16)10-4-5-11(19-10)13(17)18/h2-6H,1H3,(H,15,16)(H,17,18). The summed E-state index contributed by atoms with van der Waals surface area (Å²) in [4.78, 5) is 23.2. The van der Waals surface area contributed by atoms with Gasteiger partial charge < -0.3 is 10.4 Å². The van der Waals surface area contributed by atoms with Crippen molar-refractivity contribution in [3.05, 3.63) is 50.1 Å². The van der Waals surface area contributed by atoms with E-state index in [1.807, 2.05) is 13.0 Å². The number of hydrogen-bond acceptors (Lipinski definition) is 3. The Labute approximate surface area is 122 Å². The highest BCUT2D eigenvalue weighted by Gasteiger charge is 2.13. The molecule has 2 rings (SSSR count). The first-order valence-electron chi connectivity index (χ1n) is 5.38. The number of benzene rings is 1. The first-order valence-corrected chi connectivity index (χ1v) is 6.99. The molecule has 2 aromatic rings. The van der Waals surface area contributed by atoms with Crippen LogP contribution in [0.3, 0.4) is 0 Å². The molecule has 1 aromatic heterocycles. The Hall–Kier alpha value is -1.66. The monoisotopic (exact) mass is 339 g/mol. The van der Waals surface area contributed by atoms with E-state index >= 15 is 0 Å². The maximum atomic E-state index is 11.9. The van der Waals surface area contributed by atoms with Gasteiger partial charge in [-0.1, -0.05) is 22.0 Å². The number of carbonyl (C=O) groups excluding carboxylic acids is 1. The number of nitrogens with one attached hydrogen (secondary N) is 1. The molecule has 2 N–H and O–H groups in total. The summed E-state index contributed by atoms with van der Waals surface area (Å²) in [5, 5.41) is 11.5. The maximum Gasteiger partial charge on any atom is 0.345 e. The lowest BCUT2D eigenvalue weighted by molar-refractivity contribution is 0.0702. The van der Waals surface area contributed by atoms with E-state index in [0.717, 1.165) is 21.4 Å². The molecule has 0 fully saturated rings. The molecule has 6 heteroatoms. The van der Waals surface area contributed by atoms with Crippen LogP contribution in [-0.4, -0.2) is 17.0 Å². The van der Waals surface area contributed by atoms with Gasteiger partial charge in [-0.05, 0) is 36.8 Å². The summed E-state index contributed by atoms with van der Waals surface area (Å²) in [6.45, 7) is 1.95. The van der Waals surface area contributed by atoms with E-state index in [9.17, 15) is 9.59 Å². The molecule has 0 aliphatic heterocycles. The Morgan fingerprint density at radius 3 is 2.47 bits per heavy atom. The maximum absolute atomic E-state index is 11.9. The predicted octanol–water partition coefficient (Wildman–Crippen LogP) is 3.77. The number of carbonyl (C=O) groups is 2. The molecule has 1 aromatic carbocycles. The third kappa shape index (κ3) is 3.21. The number of aromatic carboxylic acids is 1. The zero-order valence-corrected chi connectivity index (χ0v) is 12.3. The van der Waals surface area contributed by atoms with Gasteiger partial charge in [0.15, 0.2) is 0 Å². The number of halogens is 1. The highest BCUT2D eigenvalue weighted by Crippen LogP contribution is 2.22. The van der Waals surface area contributed by atoms with Crippen LogP contribution in [0.25, 0.3) is 0 Å². The summed E-state index contributed by atoms with van der Waals surface area (Å²) in [5.74, 6) is -1.34. The van der Waals surface area contributed by atoms with E-state index in [1.165, 1.54) is 12.1 Å². The summed E-state index contributed by atoms with van der Waals surface area (Å²) in [5.41, 5.74) is 1.73. The Morgan fingerprint density at radius 2 is 1.89 bits per heavy atom. The Balaban J connectivity index is 2.15. The zero-order chi connectivity index (χ0) is 14.0. The van der Waals surface area contributed by atoms with Crippen molar-refractivity contribution in [3.8, 4) is 0 Å². The van der Waals surface area contributed by atoms with Crippen LogP contribution in [0.4, 0.5) is 5.69 Å². The lowest BCUT2D eigenvalue weighted by atomic mass is 10.2. The number of anilines is 1. The summed E-state index contributed by atoms with van der Waals surface area (Å²) in [6, 6.07) is 8.42. The summed E-state index contributed by atoms with van der Waals surface area (Å²) >= 11 is 4.34. The first kappa shape index (κ1) is 13.8. The van der Waals surface area contributed by atoms with Gasteiger partial charge in [-0.2, -0.15) is 0 Å². The fraction of sp³-hybridized carbons (Fsp3) is 0.0769. The number of amides is 1. The van der Waals surface area contributed by atoms with E-state index in [0.29, 0.717) is 10.6 Å². The van der Waals surface area contributed by atoms with Crippen molar-refractivity contribution in [3.63, 3.8) is 0 Å².